The summed E-state index contributed by atoms with van der Waals surface area (Å²) in [6, 6.07) is 5.28. The number of aliphatic hydroxyl groups is 2. The van der Waals surface area contributed by atoms with Crippen molar-refractivity contribution in [1.82, 2.24) is 5.32 Å². The maximum atomic E-state index is 9.91. The minimum Gasteiger partial charge on any atom is -0.390 e. The molecule has 2 atom stereocenters. The minimum absolute atomic E-state index is 0.513. The zero-order valence-electron chi connectivity index (χ0n) is 9.57. The first-order valence-corrected chi connectivity index (χ1v) is 5.71. The van der Waals surface area contributed by atoms with Crippen LogP contribution in [0.25, 0.3) is 0 Å². The number of rotatable bonds is 5. The monoisotopic (exact) mass is 243 g/mol. The number of nitrogens with one attached hydrogen (secondary N) is 1. The van der Waals surface area contributed by atoms with Gasteiger partial charge in [0.15, 0.2) is 0 Å². The first kappa shape index (κ1) is 13.5. The third kappa shape index (κ3) is 3.46. The Hall–Kier alpha value is -0.610. The maximum absolute atomic E-state index is 9.91. The van der Waals surface area contributed by atoms with Gasteiger partial charge in [0.1, 0.15) is 6.10 Å². The van der Waals surface area contributed by atoms with Crippen molar-refractivity contribution in [3.63, 3.8) is 0 Å². The van der Waals surface area contributed by atoms with E-state index in [0.717, 1.165) is 5.56 Å². The molecule has 0 aromatic heterocycles. The number of benzene rings is 1. The Morgan fingerprint density at radius 1 is 1.38 bits per heavy atom. The third-order valence-electron chi connectivity index (χ3n) is 2.58. The summed E-state index contributed by atoms with van der Waals surface area (Å²) in [5.74, 6) is 0. The number of halogens is 1. The predicted octanol–water partition coefficient (Wildman–Crippen LogP) is 1.65. The van der Waals surface area contributed by atoms with Gasteiger partial charge in [-0.2, -0.15) is 0 Å². The van der Waals surface area contributed by atoms with Gasteiger partial charge in [-0.15, -0.1) is 0 Å². The number of hydrogen-bond acceptors (Lipinski definition) is 3. The van der Waals surface area contributed by atoms with Gasteiger partial charge in [-0.1, -0.05) is 23.7 Å². The molecule has 90 valence electrons. The molecule has 0 amide bonds. The summed E-state index contributed by atoms with van der Waals surface area (Å²) in [6.45, 7) is 2.54. The molecule has 0 saturated carbocycles. The molecule has 0 aliphatic rings. The summed E-state index contributed by atoms with van der Waals surface area (Å²) < 4.78 is 0. The van der Waals surface area contributed by atoms with Gasteiger partial charge in [0.25, 0.3) is 0 Å². The Bertz CT molecular complexity index is 344. The van der Waals surface area contributed by atoms with Crippen LogP contribution in [-0.4, -0.2) is 29.9 Å². The first-order chi connectivity index (χ1) is 7.56. The van der Waals surface area contributed by atoms with Crippen LogP contribution >= 0.6 is 11.6 Å². The second kappa shape index (κ2) is 6.21. The van der Waals surface area contributed by atoms with E-state index in [0.29, 0.717) is 23.6 Å². The molecule has 1 aromatic rings. The topological polar surface area (TPSA) is 52.5 Å². The van der Waals surface area contributed by atoms with Crippen LogP contribution in [0.3, 0.4) is 0 Å². The van der Waals surface area contributed by atoms with Crippen molar-refractivity contribution < 1.29 is 10.2 Å². The van der Waals surface area contributed by atoms with Crippen LogP contribution in [0, 0.1) is 6.92 Å². The van der Waals surface area contributed by atoms with Gasteiger partial charge in [0.05, 0.1) is 6.10 Å². The molecule has 0 saturated heterocycles. The van der Waals surface area contributed by atoms with Crippen LogP contribution in [0.2, 0.25) is 5.02 Å². The van der Waals surface area contributed by atoms with E-state index >= 15 is 0 Å². The molecule has 0 heterocycles. The van der Waals surface area contributed by atoms with Crippen molar-refractivity contribution >= 4 is 11.6 Å². The van der Waals surface area contributed by atoms with Gasteiger partial charge >= 0.3 is 0 Å². The molecule has 0 spiro atoms. The molecule has 0 radical (unpaired) electrons. The summed E-state index contributed by atoms with van der Waals surface area (Å²) in [6.07, 6.45) is -1.10. The van der Waals surface area contributed by atoms with Gasteiger partial charge in [-0.25, -0.2) is 0 Å². The summed E-state index contributed by atoms with van der Waals surface area (Å²) >= 11 is 5.89. The third-order valence-corrected chi connectivity index (χ3v) is 3.00. The number of aryl methyl sites for hydroxylation is 1. The molecule has 0 aliphatic heterocycles. The Morgan fingerprint density at radius 3 is 2.62 bits per heavy atom. The van der Waals surface area contributed by atoms with Crippen LogP contribution in [0.15, 0.2) is 18.2 Å². The average Bonchev–Trinajstić information content (AvgIpc) is 2.28. The molecule has 0 fully saturated rings. The highest BCUT2D eigenvalue weighted by Crippen LogP contribution is 2.23. The molecule has 0 bridgehead atoms. The van der Waals surface area contributed by atoms with E-state index in [1.54, 1.807) is 18.2 Å². The zero-order valence-corrected chi connectivity index (χ0v) is 10.3. The SMILES string of the molecule is CNCCC(O)C(O)c1ccc(Cl)c(C)c1. The highest BCUT2D eigenvalue weighted by atomic mass is 35.5. The van der Waals surface area contributed by atoms with Crippen molar-refractivity contribution in [2.45, 2.75) is 25.6 Å². The average molecular weight is 244 g/mol. The summed E-state index contributed by atoms with van der Waals surface area (Å²) in [5.41, 5.74) is 1.60. The largest absolute Gasteiger partial charge is 0.390 e. The standard InChI is InChI=1S/C12H18ClNO2/c1-8-7-9(3-4-10(8)13)12(16)11(15)5-6-14-2/h3-4,7,11-12,14-16H,5-6H2,1-2H3. The highest BCUT2D eigenvalue weighted by Gasteiger charge is 2.18. The van der Waals surface area contributed by atoms with E-state index in [4.69, 9.17) is 11.6 Å². The van der Waals surface area contributed by atoms with Crippen molar-refractivity contribution in [1.29, 1.82) is 0 Å². The second-order valence-electron chi connectivity index (χ2n) is 3.91. The van der Waals surface area contributed by atoms with Gasteiger partial charge in [0.2, 0.25) is 0 Å². The molecule has 2 unspecified atom stereocenters. The van der Waals surface area contributed by atoms with Crippen molar-refractivity contribution in [2.75, 3.05) is 13.6 Å². The first-order valence-electron chi connectivity index (χ1n) is 5.33. The maximum Gasteiger partial charge on any atom is 0.105 e. The Kier molecular flexibility index (Phi) is 5.22. The fraction of sp³-hybridized carbons (Fsp3) is 0.500. The molecule has 4 heteroatoms. The summed E-state index contributed by atoms with van der Waals surface area (Å²) in [4.78, 5) is 0. The van der Waals surface area contributed by atoms with E-state index < -0.39 is 12.2 Å². The van der Waals surface area contributed by atoms with Crippen LogP contribution < -0.4 is 5.32 Å². The molecular formula is C12H18ClNO2. The lowest BCUT2D eigenvalue weighted by molar-refractivity contribution is 0.0140. The normalized spacial score (nSPS) is 14.8. The van der Waals surface area contributed by atoms with Gasteiger partial charge < -0.3 is 15.5 Å². The Morgan fingerprint density at radius 2 is 2.06 bits per heavy atom. The van der Waals surface area contributed by atoms with Crippen LogP contribution in [0.1, 0.15) is 23.7 Å². The number of hydrogen-bond donors (Lipinski definition) is 3. The van der Waals surface area contributed by atoms with Crippen LogP contribution in [-0.2, 0) is 0 Å². The second-order valence-corrected chi connectivity index (χ2v) is 4.32. The quantitative estimate of drug-likeness (QED) is 0.737. The van der Waals surface area contributed by atoms with Crippen molar-refractivity contribution in [3.8, 4) is 0 Å². The Balaban J connectivity index is 2.71. The van der Waals surface area contributed by atoms with Gasteiger partial charge in [0, 0.05) is 5.02 Å². The molecule has 1 aromatic carbocycles. The van der Waals surface area contributed by atoms with Crippen molar-refractivity contribution in [2.24, 2.45) is 0 Å². The lowest BCUT2D eigenvalue weighted by Crippen LogP contribution is -2.23. The minimum atomic E-state index is -0.857. The zero-order chi connectivity index (χ0) is 12.1. The molecule has 3 nitrogen and oxygen atoms in total. The van der Waals surface area contributed by atoms with Crippen LogP contribution in [0.5, 0.6) is 0 Å². The van der Waals surface area contributed by atoms with E-state index in [1.807, 2.05) is 14.0 Å². The lowest BCUT2D eigenvalue weighted by atomic mass is 10.0. The van der Waals surface area contributed by atoms with Crippen LogP contribution in [0.4, 0.5) is 0 Å². The van der Waals surface area contributed by atoms with E-state index in [9.17, 15) is 10.2 Å². The summed E-state index contributed by atoms with van der Waals surface area (Å²) in [5, 5.41) is 23.3. The summed E-state index contributed by atoms with van der Waals surface area (Å²) in [7, 11) is 1.81. The van der Waals surface area contributed by atoms with E-state index in [-0.39, 0.29) is 0 Å². The predicted molar refractivity (Wildman–Crippen MR) is 65.7 cm³/mol. The van der Waals surface area contributed by atoms with Gasteiger partial charge in [-0.3, -0.25) is 0 Å². The smallest absolute Gasteiger partial charge is 0.105 e. The Labute approximate surface area is 101 Å². The van der Waals surface area contributed by atoms with E-state index in [2.05, 4.69) is 5.32 Å². The van der Waals surface area contributed by atoms with Crippen molar-refractivity contribution in [3.05, 3.63) is 34.3 Å². The van der Waals surface area contributed by atoms with E-state index in [1.165, 1.54) is 0 Å². The molecule has 0 aliphatic carbocycles. The lowest BCUT2D eigenvalue weighted by Gasteiger charge is -2.18. The fourth-order valence-corrected chi connectivity index (χ4v) is 1.64. The molecule has 1 rings (SSSR count). The highest BCUT2D eigenvalue weighted by molar-refractivity contribution is 6.31. The fourth-order valence-electron chi connectivity index (χ4n) is 1.52. The molecule has 3 N–H and O–H groups in total. The molecule has 16 heavy (non-hydrogen) atoms. The molecular weight excluding hydrogens is 226 g/mol. The number of aliphatic hydroxyl groups excluding tert-OH is 2. The van der Waals surface area contributed by atoms with Gasteiger partial charge in [-0.05, 0) is 44.1 Å².